The van der Waals surface area contributed by atoms with Crippen LogP contribution in [0.25, 0.3) is 0 Å². The Bertz CT molecular complexity index is 1090. The van der Waals surface area contributed by atoms with Crippen molar-refractivity contribution < 1.29 is 14.3 Å². The minimum atomic E-state index is -0.380. The van der Waals surface area contributed by atoms with Crippen LogP contribution in [0.2, 0.25) is 0 Å². The van der Waals surface area contributed by atoms with Gasteiger partial charge in [0, 0.05) is 14.0 Å². The molecular formula is C23H22N4O3. The number of hydrogen-bond donors (Lipinski definition) is 0. The molecule has 30 heavy (non-hydrogen) atoms. The Balaban J connectivity index is 1.72. The van der Waals surface area contributed by atoms with E-state index in [-0.39, 0.29) is 18.4 Å². The molecule has 2 aromatic carbocycles. The zero-order chi connectivity index (χ0) is 21.7. The smallest absolute Gasteiger partial charge is 0.279 e. The number of benzene rings is 2. The first-order chi connectivity index (χ1) is 14.4. The molecule has 0 unspecified atom stereocenters. The molecule has 0 N–H and O–H groups in total. The van der Waals surface area contributed by atoms with Crippen molar-refractivity contribution in [1.29, 1.82) is 5.26 Å². The van der Waals surface area contributed by atoms with Gasteiger partial charge in [-0.25, -0.2) is 0 Å². The zero-order valence-electron chi connectivity index (χ0n) is 17.1. The summed E-state index contributed by atoms with van der Waals surface area (Å²) in [4.78, 5) is 26.2. The molecule has 0 atom stereocenters. The van der Waals surface area contributed by atoms with Crippen LogP contribution in [-0.2, 0) is 24.8 Å². The molecule has 0 aliphatic carbocycles. The summed E-state index contributed by atoms with van der Waals surface area (Å²) in [6.45, 7) is 3.48. The van der Waals surface area contributed by atoms with E-state index in [9.17, 15) is 9.59 Å². The highest BCUT2D eigenvalue weighted by Crippen LogP contribution is 2.23. The van der Waals surface area contributed by atoms with Crippen LogP contribution in [0, 0.1) is 11.3 Å². The van der Waals surface area contributed by atoms with E-state index in [0.717, 1.165) is 11.3 Å². The van der Waals surface area contributed by atoms with Crippen molar-refractivity contribution in [2.45, 2.75) is 26.8 Å². The predicted octanol–water partition coefficient (Wildman–Crippen LogP) is 3.84. The Labute approximate surface area is 175 Å². The Morgan fingerprint density at radius 1 is 1.10 bits per heavy atom. The fourth-order valence-corrected chi connectivity index (χ4v) is 2.94. The third-order valence-corrected chi connectivity index (χ3v) is 4.62. The summed E-state index contributed by atoms with van der Waals surface area (Å²) in [5.74, 6) is 0.515. The van der Waals surface area contributed by atoms with E-state index in [1.807, 2.05) is 19.1 Å². The van der Waals surface area contributed by atoms with Crippen molar-refractivity contribution in [1.82, 2.24) is 14.7 Å². The molecule has 0 radical (unpaired) electrons. The van der Waals surface area contributed by atoms with E-state index in [2.05, 4.69) is 11.2 Å². The molecule has 0 fully saturated rings. The van der Waals surface area contributed by atoms with Crippen LogP contribution in [0.5, 0.6) is 11.5 Å². The summed E-state index contributed by atoms with van der Waals surface area (Å²) in [6, 6.07) is 17.8. The number of aryl methyl sites for hydroxylation is 2. The van der Waals surface area contributed by atoms with Crippen molar-refractivity contribution in [3.63, 3.8) is 0 Å². The molecule has 7 nitrogen and oxygen atoms in total. The van der Waals surface area contributed by atoms with Gasteiger partial charge in [0.15, 0.2) is 0 Å². The van der Waals surface area contributed by atoms with Crippen LogP contribution >= 0.6 is 0 Å². The van der Waals surface area contributed by atoms with Gasteiger partial charge >= 0.3 is 0 Å². The lowest BCUT2D eigenvalue weighted by Gasteiger charge is -2.19. The first-order valence-corrected chi connectivity index (χ1v) is 9.53. The van der Waals surface area contributed by atoms with Gasteiger partial charge in [-0.15, -0.1) is 0 Å². The number of amides is 2. The molecule has 1 heterocycles. The first kappa shape index (κ1) is 20.8. The Hall–Kier alpha value is -3.92. The number of carbonyl (C=O) groups excluding carboxylic acids is 2. The van der Waals surface area contributed by atoms with Gasteiger partial charge in [0.25, 0.3) is 5.91 Å². The quantitative estimate of drug-likeness (QED) is 0.625. The SMILES string of the molecule is CCc1cc(C(=O)N(Cc2ccc(Oc3ccc(C#N)cc3)cc2)C(C)=O)n(C)n1. The number of nitriles is 1. The molecule has 3 rings (SSSR count). The number of nitrogens with zero attached hydrogens (tertiary/aromatic N) is 4. The van der Waals surface area contributed by atoms with Gasteiger partial charge in [-0.1, -0.05) is 19.1 Å². The van der Waals surface area contributed by atoms with E-state index in [1.165, 1.54) is 16.5 Å². The summed E-state index contributed by atoms with van der Waals surface area (Å²) in [5, 5.41) is 13.1. The molecule has 152 valence electrons. The highest BCUT2D eigenvalue weighted by atomic mass is 16.5. The average molecular weight is 402 g/mol. The molecule has 1 aromatic heterocycles. The largest absolute Gasteiger partial charge is 0.457 e. The number of rotatable bonds is 6. The van der Waals surface area contributed by atoms with Gasteiger partial charge in [0.1, 0.15) is 17.2 Å². The summed E-state index contributed by atoms with van der Waals surface area (Å²) in [6.07, 6.45) is 0.710. The molecule has 0 bridgehead atoms. The number of aromatic nitrogens is 2. The summed E-state index contributed by atoms with van der Waals surface area (Å²) in [7, 11) is 1.69. The molecule has 0 saturated heterocycles. The maximum absolute atomic E-state index is 12.9. The lowest BCUT2D eigenvalue weighted by Crippen LogP contribution is -2.35. The molecule has 2 amide bonds. The topological polar surface area (TPSA) is 88.2 Å². The van der Waals surface area contributed by atoms with Crippen LogP contribution < -0.4 is 4.74 Å². The van der Waals surface area contributed by atoms with E-state index in [0.29, 0.717) is 29.2 Å². The normalized spacial score (nSPS) is 10.3. The zero-order valence-corrected chi connectivity index (χ0v) is 17.1. The third-order valence-electron chi connectivity index (χ3n) is 4.62. The predicted molar refractivity (Wildman–Crippen MR) is 111 cm³/mol. The van der Waals surface area contributed by atoms with E-state index in [4.69, 9.17) is 10.00 Å². The average Bonchev–Trinajstić information content (AvgIpc) is 3.14. The maximum atomic E-state index is 12.9. The number of imide groups is 1. The second-order valence-electron chi connectivity index (χ2n) is 6.79. The molecule has 0 aliphatic rings. The van der Waals surface area contributed by atoms with Gasteiger partial charge in [-0.2, -0.15) is 10.4 Å². The molecule has 0 spiro atoms. The second-order valence-corrected chi connectivity index (χ2v) is 6.79. The van der Waals surface area contributed by atoms with E-state index >= 15 is 0 Å². The van der Waals surface area contributed by atoms with Crippen molar-refractivity contribution >= 4 is 11.8 Å². The third kappa shape index (κ3) is 4.73. The molecule has 0 aliphatic heterocycles. The standard InChI is InChI=1S/C23H22N4O3/c1-4-19-13-22(26(3)25-19)23(29)27(16(2)28)15-18-7-11-21(12-8-18)30-20-9-5-17(14-24)6-10-20/h5-13H,4,15H2,1-3H3. The van der Waals surface area contributed by atoms with Crippen molar-refractivity contribution in [2.24, 2.45) is 7.05 Å². The highest BCUT2D eigenvalue weighted by molar-refractivity contribution is 6.03. The van der Waals surface area contributed by atoms with E-state index < -0.39 is 0 Å². The number of ether oxygens (including phenoxy) is 1. The Morgan fingerprint density at radius 3 is 2.20 bits per heavy atom. The lowest BCUT2D eigenvalue weighted by molar-refractivity contribution is -0.126. The van der Waals surface area contributed by atoms with Crippen molar-refractivity contribution in [2.75, 3.05) is 0 Å². The fraction of sp³-hybridized carbons (Fsp3) is 0.217. The van der Waals surface area contributed by atoms with Gasteiger partial charge in [0.2, 0.25) is 5.91 Å². The number of hydrogen-bond acceptors (Lipinski definition) is 5. The number of carbonyl (C=O) groups is 2. The van der Waals surface area contributed by atoms with Gasteiger partial charge < -0.3 is 4.74 Å². The Morgan fingerprint density at radius 2 is 1.70 bits per heavy atom. The Kier molecular flexibility index (Phi) is 6.28. The molecular weight excluding hydrogens is 380 g/mol. The van der Waals surface area contributed by atoms with Crippen LogP contribution in [0.3, 0.4) is 0 Å². The highest BCUT2D eigenvalue weighted by Gasteiger charge is 2.23. The van der Waals surface area contributed by atoms with Crippen LogP contribution in [0.4, 0.5) is 0 Å². The van der Waals surface area contributed by atoms with Crippen LogP contribution in [0.15, 0.2) is 54.6 Å². The van der Waals surface area contributed by atoms with Crippen molar-refractivity contribution in [3.8, 4) is 17.6 Å². The second kappa shape index (κ2) is 9.05. The minimum absolute atomic E-state index is 0.151. The van der Waals surface area contributed by atoms with Crippen LogP contribution in [-0.4, -0.2) is 26.5 Å². The summed E-state index contributed by atoms with van der Waals surface area (Å²) < 4.78 is 7.27. The summed E-state index contributed by atoms with van der Waals surface area (Å²) >= 11 is 0. The lowest BCUT2D eigenvalue weighted by atomic mass is 10.2. The van der Waals surface area contributed by atoms with Gasteiger partial charge in [-0.3, -0.25) is 19.2 Å². The molecule has 3 aromatic rings. The van der Waals surface area contributed by atoms with Gasteiger partial charge in [0.05, 0.1) is 23.9 Å². The van der Waals surface area contributed by atoms with Gasteiger partial charge in [-0.05, 0) is 54.4 Å². The fourth-order valence-electron chi connectivity index (χ4n) is 2.94. The van der Waals surface area contributed by atoms with Crippen molar-refractivity contribution in [3.05, 3.63) is 77.1 Å². The van der Waals surface area contributed by atoms with Crippen LogP contribution in [0.1, 0.15) is 41.2 Å². The summed E-state index contributed by atoms with van der Waals surface area (Å²) in [5.41, 5.74) is 2.53. The first-order valence-electron chi connectivity index (χ1n) is 9.53. The monoisotopic (exact) mass is 402 g/mol. The minimum Gasteiger partial charge on any atom is -0.457 e. The molecule has 7 heteroatoms. The maximum Gasteiger partial charge on any atom is 0.279 e. The molecule has 0 saturated carbocycles. The van der Waals surface area contributed by atoms with E-state index in [1.54, 1.807) is 49.5 Å².